The molecular weight excluding hydrogens is 330 g/mol. The van der Waals surface area contributed by atoms with E-state index in [9.17, 15) is 9.90 Å². The zero-order valence-corrected chi connectivity index (χ0v) is 15.0. The van der Waals surface area contributed by atoms with Gasteiger partial charge in [-0.3, -0.25) is 4.79 Å². The molecule has 2 atom stereocenters. The average molecular weight is 356 g/mol. The SMILES string of the molecule is Cc1cccc(C(=O)N[C@]2(C)CCOC3(CCNCC3)[C@H]2O)n1.Cl. The van der Waals surface area contributed by atoms with Gasteiger partial charge in [0.25, 0.3) is 5.91 Å². The van der Waals surface area contributed by atoms with Crippen molar-refractivity contribution in [2.24, 2.45) is 0 Å². The first-order valence-corrected chi connectivity index (χ1v) is 8.24. The van der Waals surface area contributed by atoms with Crippen molar-refractivity contribution in [2.75, 3.05) is 19.7 Å². The largest absolute Gasteiger partial charge is 0.388 e. The van der Waals surface area contributed by atoms with Gasteiger partial charge in [0.2, 0.25) is 0 Å². The molecule has 134 valence electrons. The summed E-state index contributed by atoms with van der Waals surface area (Å²) in [6.45, 7) is 5.93. The summed E-state index contributed by atoms with van der Waals surface area (Å²) in [6.07, 6.45) is 1.35. The number of rotatable bonds is 2. The molecule has 0 aliphatic carbocycles. The van der Waals surface area contributed by atoms with Crippen molar-refractivity contribution in [3.05, 3.63) is 29.6 Å². The van der Waals surface area contributed by atoms with Gasteiger partial charge in [-0.15, -0.1) is 12.4 Å². The summed E-state index contributed by atoms with van der Waals surface area (Å²) < 4.78 is 5.96. The van der Waals surface area contributed by atoms with E-state index in [-0.39, 0.29) is 18.3 Å². The van der Waals surface area contributed by atoms with Crippen molar-refractivity contribution in [1.29, 1.82) is 0 Å². The Labute approximate surface area is 148 Å². The zero-order chi connectivity index (χ0) is 16.5. The van der Waals surface area contributed by atoms with Crippen LogP contribution in [0.5, 0.6) is 0 Å². The minimum atomic E-state index is -0.736. The van der Waals surface area contributed by atoms with Gasteiger partial charge in [0.15, 0.2) is 0 Å². The fourth-order valence-corrected chi connectivity index (χ4v) is 3.65. The van der Waals surface area contributed by atoms with Gasteiger partial charge in [-0.05, 0) is 58.3 Å². The Hall–Kier alpha value is -1.21. The Morgan fingerprint density at radius 3 is 2.75 bits per heavy atom. The molecular formula is C17H26ClN3O3. The molecule has 1 aromatic rings. The molecule has 24 heavy (non-hydrogen) atoms. The van der Waals surface area contributed by atoms with E-state index in [1.54, 1.807) is 6.07 Å². The standard InChI is InChI=1S/C17H25N3O3.ClH/c1-12-4-3-5-13(19-12)14(21)20-16(2)8-11-23-17(15(16)22)6-9-18-10-7-17;/h3-5,15,18,22H,6-11H2,1-2H3,(H,20,21);1H/t15-,16+;/m0./s1. The highest BCUT2D eigenvalue weighted by Crippen LogP contribution is 2.38. The molecule has 0 aromatic carbocycles. The Kier molecular flexibility index (Phi) is 5.86. The number of nitrogens with one attached hydrogen (secondary N) is 2. The molecule has 1 amide bonds. The number of halogens is 1. The number of amides is 1. The fourth-order valence-electron chi connectivity index (χ4n) is 3.65. The Morgan fingerprint density at radius 2 is 2.08 bits per heavy atom. The average Bonchev–Trinajstić information content (AvgIpc) is 2.54. The first kappa shape index (κ1) is 19.1. The van der Waals surface area contributed by atoms with Gasteiger partial charge >= 0.3 is 0 Å². The smallest absolute Gasteiger partial charge is 0.270 e. The van der Waals surface area contributed by atoms with E-state index in [1.165, 1.54) is 0 Å². The summed E-state index contributed by atoms with van der Waals surface area (Å²) in [6, 6.07) is 5.36. The zero-order valence-electron chi connectivity index (χ0n) is 14.2. The van der Waals surface area contributed by atoms with Crippen molar-refractivity contribution in [2.45, 2.75) is 50.4 Å². The predicted octanol–water partition coefficient (Wildman–Crippen LogP) is 1.20. The number of nitrogens with zero attached hydrogens (tertiary/aromatic N) is 1. The van der Waals surface area contributed by atoms with Crippen molar-refractivity contribution in [3.63, 3.8) is 0 Å². The molecule has 3 rings (SSSR count). The second-order valence-corrected chi connectivity index (χ2v) is 6.85. The number of piperidine rings is 1. The van der Waals surface area contributed by atoms with Gasteiger partial charge < -0.3 is 20.5 Å². The maximum atomic E-state index is 12.5. The van der Waals surface area contributed by atoms with Crippen LogP contribution in [-0.2, 0) is 4.74 Å². The Morgan fingerprint density at radius 1 is 1.38 bits per heavy atom. The van der Waals surface area contributed by atoms with Gasteiger partial charge in [0, 0.05) is 12.3 Å². The molecule has 2 fully saturated rings. The lowest BCUT2D eigenvalue weighted by molar-refractivity contribution is -0.197. The fraction of sp³-hybridized carbons (Fsp3) is 0.647. The van der Waals surface area contributed by atoms with Crippen molar-refractivity contribution in [1.82, 2.24) is 15.6 Å². The van der Waals surface area contributed by atoms with Crippen LogP contribution in [0.2, 0.25) is 0 Å². The molecule has 1 spiro atoms. The second-order valence-electron chi connectivity index (χ2n) is 6.85. The Balaban J connectivity index is 0.00000208. The summed E-state index contributed by atoms with van der Waals surface area (Å²) in [5.41, 5.74) is -0.0987. The van der Waals surface area contributed by atoms with Gasteiger partial charge in [-0.25, -0.2) is 4.98 Å². The number of hydrogen-bond acceptors (Lipinski definition) is 5. The van der Waals surface area contributed by atoms with E-state index in [4.69, 9.17) is 4.74 Å². The van der Waals surface area contributed by atoms with Crippen LogP contribution in [0.1, 0.15) is 42.4 Å². The molecule has 3 heterocycles. The number of aryl methyl sites for hydroxylation is 1. The van der Waals surface area contributed by atoms with Crippen molar-refractivity contribution in [3.8, 4) is 0 Å². The third kappa shape index (κ3) is 3.57. The lowest BCUT2D eigenvalue weighted by Gasteiger charge is -2.52. The maximum absolute atomic E-state index is 12.5. The number of carbonyl (C=O) groups is 1. The lowest BCUT2D eigenvalue weighted by Crippen LogP contribution is -2.69. The number of aliphatic hydroxyl groups excluding tert-OH is 1. The summed E-state index contributed by atoms with van der Waals surface area (Å²) in [7, 11) is 0. The Bertz CT molecular complexity index is 587. The van der Waals surface area contributed by atoms with Crippen LogP contribution in [0.15, 0.2) is 18.2 Å². The van der Waals surface area contributed by atoms with E-state index in [0.29, 0.717) is 18.7 Å². The first-order chi connectivity index (χ1) is 11.0. The molecule has 2 aliphatic heterocycles. The quantitative estimate of drug-likeness (QED) is 0.742. The number of aromatic nitrogens is 1. The minimum Gasteiger partial charge on any atom is -0.388 e. The second kappa shape index (κ2) is 7.35. The first-order valence-electron chi connectivity index (χ1n) is 8.24. The van der Waals surface area contributed by atoms with Crippen molar-refractivity contribution >= 4 is 18.3 Å². The van der Waals surface area contributed by atoms with Gasteiger partial charge in [-0.1, -0.05) is 6.07 Å². The molecule has 2 aliphatic rings. The molecule has 3 N–H and O–H groups in total. The molecule has 0 radical (unpaired) electrons. The van der Waals surface area contributed by atoms with Gasteiger partial charge in [-0.2, -0.15) is 0 Å². The van der Waals surface area contributed by atoms with Crippen LogP contribution in [0, 0.1) is 6.92 Å². The van der Waals surface area contributed by atoms with Crippen LogP contribution >= 0.6 is 12.4 Å². The summed E-state index contributed by atoms with van der Waals surface area (Å²) in [4.78, 5) is 16.8. The third-order valence-electron chi connectivity index (χ3n) is 5.08. The summed E-state index contributed by atoms with van der Waals surface area (Å²) in [5.74, 6) is -0.249. The van der Waals surface area contributed by atoms with E-state index >= 15 is 0 Å². The van der Waals surface area contributed by atoms with Gasteiger partial charge in [0.05, 0.1) is 11.1 Å². The number of aliphatic hydroxyl groups is 1. The monoisotopic (exact) mass is 355 g/mol. The molecule has 0 bridgehead atoms. The molecule has 2 saturated heterocycles. The molecule has 7 heteroatoms. The number of ether oxygens (including phenoxy) is 1. The minimum absolute atomic E-state index is 0. The third-order valence-corrected chi connectivity index (χ3v) is 5.08. The summed E-state index contributed by atoms with van der Waals surface area (Å²) in [5, 5.41) is 17.3. The topological polar surface area (TPSA) is 83.5 Å². The number of carbonyl (C=O) groups excluding carboxylic acids is 1. The molecule has 6 nitrogen and oxygen atoms in total. The van der Waals surface area contributed by atoms with E-state index < -0.39 is 17.2 Å². The highest BCUT2D eigenvalue weighted by molar-refractivity contribution is 5.92. The highest BCUT2D eigenvalue weighted by Gasteiger charge is 2.53. The number of hydrogen-bond donors (Lipinski definition) is 3. The summed E-state index contributed by atoms with van der Waals surface area (Å²) >= 11 is 0. The van der Waals surface area contributed by atoms with Crippen LogP contribution < -0.4 is 10.6 Å². The normalized spacial score (nSPS) is 28.9. The predicted molar refractivity (Wildman–Crippen MR) is 93.5 cm³/mol. The number of pyridine rings is 1. The van der Waals surface area contributed by atoms with Crippen LogP contribution in [-0.4, -0.2) is 52.9 Å². The van der Waals surface area contributed by atoms with Crippen LogP contribution in [0.4, 0.5) is 0 Å². The van der Waals surface area contributed by atoms with E-state index in [1.807, 2.05) is 26.0 Å². The van der Waals surface area contributed by atoms with Crippen LogP contribution in [0.3, 0.4) is 0 Å². The molecule has 0 saturated carbocycles. The highest BCUT2D eigenvalue weighted by atomic mass is 35.5. The lowest BCUT2D eigenvalue weighted by atomic mass is 9.73. The van der Waals surface area contributed by atoms with Crippen LogP contribution in [0.25, 0.3) is 0 Å². The molecule has 0 unspecified atom stereocenters. The van der Waals surface area contributed by atoms with Crippen molar-refractivity contribution < 1.29 is 14.6 Å². The van der Waals surface area contributed by atoms with Gasteiger partial charge in [0.1, 0.15) is 11.8 Å². The maximum Gasteiger partial charge on any atom is 0.270 e. The van der Waals surface area contributed by atoms with E-state index in [2.05, 4.69) is 15.6 Å². The van der Waals surface area contributed by atoms with E-state index in [0.717, 1.165) is 31.6 Å². The molecule has 1 aromatic heterocycles.